The number of piperidine rings is 2. The standard InChI is InChI=1S/C40H46N8O6/c1-5-27(45-39(51)53-3)37(49)47-31-15-25(31)17-33(47)35-41-19-29(43-35)23-11-7-21(8-12-23)22-9-13-24(14-10-22)30-20-42-36(44-30)34-18-26-16-32(26)48(34)38(50)28(6-2)46-40(52)54-4/h7-14,19-20,25-28,31-34H,5-6,15-18H2,1-4H3,(H,41,43)(H,42,44)(H,45,51)(H,46,52)/t25-,26-,27+,28+,31-,32-,33+,34+/m1/s1. The SMILES string of the molecule is CC[C@H](NC(=O)OC)C(=O)N1[C@@H]2C[C@@H]2C[C@H]1c1ncc(-c2ccc(-c3ccc(-c4cnc([C@@H]5C[C@H]6C[C@H]6N5C(=O)[C@H](CC)NC(=O)OC)[nH]4)cc3)cc2)[nH]1. The van der Waals surface area contributed by atoms with Crippen LogP contribution in [0, 0.1) is 11.8 Å². The summed E-state index contributed by atoms with van der Waals surface area (Å²) >= 11 is 0. The summed E-state index contributed by atoms with van der Waals surface area (Å²) in [4.78, 5) is 71.0. The molecule has 4 heterocycles. The van der Waals surface area contributed by atoms with Crippen LogP contribution in [0.1, 0.15) is 76.1 Å². The third kappa shape index (κ3) is 6.58. The molecule has 0 radical (unpaired) electrons. The molecule has 4 aliphatic rings. The van der Waals surface area contributed by atoms with Crippen molar-refractivity contribution in [3.63, 3.8) is 0 Å². The summed E-state index contributed by atoms with van der Waals surface area (Å²) in [6.07, 6.45) is 7.03. The van der Waals surface area contributed by atoms with Gasteiger partial charge in [0.25, 0.3) is 0 Å². The van der Waals surface area contributed by atoms with Crippen LogP contribution in [0.4, 0.5) is 9.59 Å². The van der Waals surface area contributed by atoms with E-state index in [0.717, 1.165) is 71.0 Å². The molecule has 54 heavy (non-hydrogen) atoms. The Balaban J connectivity index is 0.925. The maximum absolute atomic E-state index is 13.5. The highest BCUT2D eigenvalue weighted by atomic mass is 16.5. The number of hydrogen-bond donors (Lipinski definition) is 4. The van der Waals surface area contributed by atoms with E-state index in [4.69, 9.17) is 19.4 Å². The van der Waals surface area contributed by atoms with Gasteiger partial charge in [0.15, 0.2) is 0 Å². The van der Waals surface area contributed by atoms with Crippen LogP contribution in [0.15, 0.2) is 60.9 Å². The third-order valence-electron chi connectivity index (χ3n) is 11.6. The fourth-order valence-corrected chi connectivity index (χ4v) is 8.46. The van der Waals surface area contributed by atoms with E-state index in [1.165, 1.54) is 14.2 Å². The highest BCUT2D eigenvalue weighted by molar-refractivity contribution is 5.87. The summed E-state index contributed by atoms with van der Waals surface area (Å²) in [5, 5.41) is 5.36. The first kappa shape index (κ1) is 35.4. The Hall–Kier alpha value is -5.66. The number of amides is 4. The summed E-state index contributed by atoms with van der Waals surface area (Å²) in [5.74, 6) is 2.23. The Morgan fingerprint density at radius 1 is 0.648 bits per heavy atom. The minimum absolute atomic E-state index is 0.0978. The first-order valence-electron chi connectivity index (χ1n) is 18.9. The molecule has 4 fully saturated rings. The van der Waals surface area contributed by atoms with Crippen molar-refractivity contribution >= 4 is 24.0 Å². The van der Waals surface area contributed by atoms with Crippen LogP contribution >= 0.6 is 0 Å². The fraction of sp³-hybridized carbons (Fsp3) is 0.450. The Morgan fingerprint density at radius 3 is 1.37 bits per heavy atom. The van der Waals surface area contributed by atoms with Gasteiger partial charge in [0.05, 0.1) is 50.1 Å². The van der Waals surface area contributed by atoms with Crippen LogP contribution in [0.2, 0.25) is 0 Å². The number of ether oxygens (including phenoxy) is 2. The van der Waals surface area contributed by atoms with Crippen molar-refractivity contribution in [2.45, 2.75) is 88.6 Å². The van der Waals surface area contributed by atoms with E-state index in [1.54, 1.807) is 0 Å². The average Bonchev–Trinajstić information content (AvgIpc) is 3.79. The molecule has 2 aromatic carbocycles. The number of H-pyrrole nitrogens is 2. The molecule has 14 nitrogen and oxygen atoms in total. The summed E-state index contributed by atoms with van der Waals surface area (Å²) in [6, 6.07) is 15.3. The van der Waals surface area contributed by atoms with Gasteiger partial charge < -0.3 is 39.9 Å². The molecule has 4 N–H and O–H groups in total. The normalized spacial score (nSPS) is 24.6. The number of alkyl carbamates (subject to hydrolysis) is 2. The second kappa shape index (κ2) is 14.3. The maximum atomic E-state index is 13.5. The number of carbonyl (C=O) groups excluding carboxylic acids is 4. The van der Waals surface area contributed by atoms with Gasteiger partial charge in [-0.2, -0.15) is 0 Å². The minimum atomic E-state index is -0.643. The Kier molecular flexibility index (Phi) is 9.36. The van der Waals surface area contributed by atoms with E-state index in [0.29, 0.717) is 24.7 Å². The predicted octanol–water partition coefficient (Wildman–Crippen LogP) is 5.73. The topological polar surface area (TPSA) is 175 Å². The van der Waals surface area contributed by atoms with Gasteiger partial charge in [-0.1, -0.05) is 62.4 Å². The molecule has 8 rings (SSSR count). The smallest absolute Gasteiger partial charge is 0.407 e. The summed E-state index contributed by atoms with van der Waals surface area (Å²) in [5.41, 5.74) is 5.86. The lowest BCUT2D eigenvalue weighted by Crippen LogP contribution is -2.49. The molecule has 0 spiro atoms. The number of benzene rings is 2. The Bertz CT molecular complexity index is 1900. The number of fused-ring (bicyclic) bond motifs is 2. The highest BCUT2D eigenvalue weighted by Crippen LogP contribution is 2.54. The van der Waals surface area contributed by atoms with Crippen LogP contribution in [0.3, 0.4) is 0 Å². The van der Waals surface area contributed by atoms with E-state index in [1.807, 2.05) is 36.0 Å². The molecule has 2 aliphatic carbocycles. The van der Waals surface area contributed by atoms with Crippen LogP contribution in [0.25, 0.3) is 33.6 Å². The van der Waals surface area contributed by atoms with E-state index in [2.05, 4.69) is 69.1 Å². The van der Waals surface area contributed by atoms with Crippen LogP contribution in [-0.2, 0) is 19.1 Å². The lowest BCUT2D eigenvalue weighted by molar-refractivity contribution is -0.136. The molecule has 2 aliphatic heterocycles. The molecule has 4 amide bonds. The summed E-state index contributed by atoms with van der Waals surface area (Å²) in [6.45, 7) is 3.75. The quantitative estimate of drug-likeness (QED) is 0.151. The number of aromatic nitrogens is 4. The van der Waals surface area contributed by atoms with Crippen molar-refractivity contribution in [3.05, 3.63) is 72.6 Å². The van der Waals surface area contributed by atoms with E-state index >= 15 is 0 Å². The maximum Gasteiger partial charge on any atom is 0.407 e. The molecular weight excluding hydrogens is 688 g/mol. The van der Waals surface area contributed by atoms with Gasteiger partial charge in [-0.3, -0.25) is 9.59 Å². The monoisotopic (exact) mass is 734 g/mol. The van der Waals surface area contributed by atoms with Crippen LogP contribution < -0.4 is 10.6 Å². The van der Waals surface area contributed by atoms with Crippen molar-refractivity contribution < 1.29 is 28.7 Å². The van der Waals surface area contributed by atoms with Crippen LogP contribution in [-0.4, -0.2) is 92.1 Å². The molecule has 2 saturated heterocycles. The van der Waals surface area contributed by atoms with Gasteiger partial charge in [-0.15, -0.1) is 0 Å². The van der Waals surface area contributed by atoms with Gasteiger partial charge in [0.2, 0.25) is 11.8 Å². The Morgan fingerprint density at radius 2 is 1.02 bits per heavy atom. The number of rotatable bonds is 11. The zero-order chi connectivity index (χ0) is 37.7. The number of imidazole rings is 2. The number of nitrogens with zero attached hydrogens (tertiary/aromatic N) is 4. The Labute approximate surface area is 313 Å². The van der Waals surface area contributed by atoms with Crippen LogP contribution in [0.5, 0.6) is 0 Å². The molecule has 282 valence electrons. The zero-order valence-electron chi connectivity index (χ0n) is 30.9. The number of aromatic amines is 2. The molecule has 4 aromatic rings. The lowest BCUT2D eigenvalue weighted by atomic mass is 10.0. The number of nitrogens with one attached hydrogen (secondary N) is 4. The van der Waals surface area contributed by atoms with Crippen molar-refractivity contribution in [3.8, 4) is 33.6 Å². The van der Waals surface area contributed by atoms with Gasteiger partial charge in [0, 0.05) is 12.1 Å². The van der Waals surface area contributed by atoms with E-state index in [9.17, 15) is 19.2 Å². The molecule has 2 aromatic heterocycles. The van der Waals surface area contributed by atoms with Gasteiger partial charge >= 0.3 is 12.2 Å². The number of hydrogen-bond acceptors (Lipinski definition) is 8. The highest BCUT2D eigenvalue weighted by Gasteiger charge is 2.57. The molecule has 8 atom stereocenters. The van der Waals surface area contributed by atoms with E-state index < -0.39 is 24.3 Å². The van der Waals surface area contributed by atoms with Crippen molar-refractivity contribution in [1.29, 1.82) is 0 Å². The molecule has 14 heteroatoms. The van der Waals surface area contributed by atoms with Crippen molar-refractivity contribution in [2.75, 3.05) is 14.2 Å². The lowest BCUT2D eigenvalue weighted by Gasteiger charge is -2.30. The number of carbonyl (C=O) groups is 4. The van der Waals surface area contributed by atoms with Gasteiger partial charge in [0.1, 0.15) is 23.7 Å². The second-order valence-corrected chi connectivity index (χ2v) is 14.8. The molecule has 0 bridgehead atoms. The molecular formula is C40H46N8O6. The molecule has 0 unspecified atom stereocenters. The number of likely N-dealkylation sites (tertiary alicyclic amines) is 2. The van der Waals surface area contributed by atoms with Gasteiger partial charge in [-0.25, -0.2) is 19.6 Å². The first-order chi connectivity index (χ1) is 26.2. The number of methoxy groups -OCH3 is 2. The first-order valence-corrected chi connectivity index (χ1v) is 18.9. The fourth-order valence-electron chi connectivity index (χ4n) is 8.46. The predicted molar refractivity (Wildman–Crippen MR) is 198 cm³/mol. The molecule has 2 saturated carbocycles. The van der Waals surface area contributed by atoms with E-state index in [-0.39, 0.29) is 36.0 Å². The largest absolute Gasteiger partial charge is 0.453 e. The second-order valence-electron chi connectivity index (χ2n) is 14.8. The van der Waals surface area contributed by atoms with Crippen molar-refractivity contribution in [2.24, 2.45) is 11.8 Å². The van der Waals surface area contributed by atoms with Gasteiger partial charge in [-0.05, 0) is 72.6 Å². The van der Waals surface area contributed by atoms with Crippen molar-refractivity contribution in [1.82, 2.24) is 40.4 Å². The average molecular weight is 735 g/mol. The third-order valence-corrected chi connectivity index (χ3v) is 11.6. The summed E-state index contributed by atoms with van der Waals surface area (Å²) < 4.78 is 9.48. The minimum Gasteiger partial charge on any atom is -0.453 e. The zero-order valence-corrected chi connectivity index (χ0v) is 30.9. The summed E-state index contributed by atoms with van der Waals surface area (Å²) in [7, 11) is 2.59.